The Hall–Kier alpha value is -1.72. The summed E-state index contributed by atoms with van der Waals surface area (Å²) in [6.45, 7) is 4.96. The van der Waals surface area contributed by atoms with E-state index in [0.29, 0.717) is 5.69 Å². The van der Waals surface area contributed by atoms with Crippen LogP contribution in [0.1, 0.15) is 26.3 Å². The molecule has 0 spiro atoms. The second-order valence-electron chi connectivity index (χ2n) is 4.24. The van der Waals surface area contributed by atoms with E-state index in [1.54, 1.807) is 0 Å². The Bertz CT molecular complexity index is 441. The third-order valence-corrected chi connectivity index (χ3v) is 2.10. The Labute approximate surface area is 103 Å². The molecule has 1 amide bonds. The summed E-state index contributed by atoms with van der Waals surface area (Å²) in [7, 11) is 0. The number of hydrogen-bond donors (Lipinski definition) is 2. The Kier molecular flexibility index (Phi) is 4.21. The number of halogens is 3. The van der Waals surface area contributed by atoms with Crippen molar-refractivity contribution in [1.29, 1.82) is 0 Å². The van der Waals surface area contributed by atoms with Gasteiger partial charge in [0, 0.05) is 13.0 Å². The molecule has 0 bridgehead atoms. The molecule has 1 aromatic carbocycles. The molecule has 0 aliphatic carbocycles. The van der Waals surface area contributed by atoms with Crippen LogP contribution in [-0.4, -0.2) is 11.9 Å². The number of benzene rings is 1. The van der Waals surface area contributed by atoms with Gasteiger partial charge in [-0.05, 0) is 32.0 Å². The Morgan fingerprint density at radius 2 is 1.83 bits per heavy atom. The Morgan fingerprint density at radius 1 is 1.22 bits per heavy atom. The molecule has 0 heterocycles. The molecule has 0 radical (unpaired) electrons. The fourth-order valence-corrected chi connectivity index (χ4v) is 1.45. The molecule has 0 atom stereocenters. The van der Waals surface area contributed by atoms with Crippen LogP contribution in [0.5, 0.6) is 0 Å². The first-order chi connectivity index (χ1) is 8.20. The van der Waals surface area contributed by atoms with Crippen LogP contribution in [0.4, 0.5) is 24.5 Å². The lowest BCUT2D eigenvalue weighted by atomic mass is 10.1. The van der Waals surface area contributed by atoms with Crippen molar-refractivity contribution >= 4 is 17.3 Å². The predicted octanol–water partition coefficient (Wildman–Crippen LogP) is 3.48. The molecule has 0 fully saturated rings. The zero-order valence-corrected chi connectivity index (χ0v) is 10.4. The molecule has 0 aliphatic rings. The summed E-state index contributed by atoms with van der Waals surface area (Å²) >= 11 is 0. The lowest BCUT2D eigenvalue weighted by molar-refractivity contribution is -0.137. The molecular formula is C12H15F3N2O. The number of carbonyl (C=O) groups excluding carboxylic acids is 1. The molecular weight excluding hydrogens is 245 g/mol. The van der Waals surface area contributed by atoms with Crippen LogP contribution in [-0.2, 0) is 11.0 Å². The van der Waals surface area contributed by atoms with Gasteiger partial charge in [0.25, 0.3) is 0 Å². The van der Waals surface area contributed by atoms with Crippen molar-refractivity contribution in [3.8, 4) is 0 Å². The first-order valence-electron chi connectivity index (χ1n) is 5.45. The SMILES string of the molecule is CC(=O)Nc1cc(C(F)(F)F)ccc1NC(C)C. The number of alkyl halides is 3. The van der Waals surface area contributed by atoms with E-state index in [2.05, 4.69) is 10.6 Å². The fraction of sp³-hybridized carbons (Fsp3) is 0.417. The fourth-order valence-electron chi connectivity index (χ4n) is 1.45. The van der Waals surface area contributed by atoms with Gasteiger partial charge >= 0.3 is 6.18 Å². The van der Waals surface area contributed by atoms with Gasteiger partial charge < -0.3 is 10.6 Å². The van der Waals surface area contributed by atoms with E-state index in [1.807, 2.05) is 13.8 Å². The average molecular weight is 260 g/mol. The molecule has 0 unspecified atom stereocenters. The number of amides is 1. The molecule has 0 aromatic heterocycles. The van der Waals surface area contributed by atoms with Crippen LogP contribution >= 0.6 is 0 Å². The highest BCUT2D eigenvalue weighted by Crippen LogP contribution is 2.34. The van der Waals surface area contributed by atoms with Crippen molar-refractivity contribution < 1.29 is 18.0 Å². The minimum atomic E-state index is -4.43. The van der Waals surface area contributed by atoms with E-state index >= 15 is 0 Å². The lowest BCUT2D eigenvalue weighted by Crippen LogP contribution is -2.15. The summed E-state index contributed by atoms with van der Waals surface area (Å²) in [5, 5.41) is 5.37. The number of nitrogens with one attached hydrogen (secondary N) is 2. The predicted molar refractivity (Wildman–Crippen MR) is 64.5 cm³/mol. The summed E-state index contributed by atoms with van der Waals surface area (Å²) in [5.74, 6) is -0.416. The van der Waals surface area contributed by atoms with E-state index in [9.17, 15) is 18.0 Å². The molecule has 0 saturated carbocycles. The number of anilines is 2. The maximum absolute atomic E-state index is 12.6. The average Bonchev–Trinajstić information content (AvgIpc) is 2.17. The molecule has 18 heavy (non-hydrogen) atoms. The van der Waals surface area contributed by atoms with Crippen molar-refractivity contribution in [3.05, 3.63) is 23.8 Å². The summed E-state index contributed by atoms with van der Waals surface area (Å²) in [6.07, 6.45) is -4.43. The second kappa shape index (κ2) is 5.29. The lowest BCUT2D eigenvalue weighted by Gasteiger charge is -2.17. The van der Waals surface area contributed by atoms with Gasteiger partial charge in [0.1, 0.15) is 0 Å². The molecule has 2 N–H and O–H groups in total. The van der Waals surface area contributed by atoms with Crippen LogP contribution < -0.4 is 10.6 Å². The highest BCUT2D eigenvalue weighted by molar-refractivity contribution is 5.92. The Morgan fingerprint density at radius 3 is 2.28 bits per heavy atom. The zero-order chi connectivity index (χ0) is 13.9. The van der Waals surface area contributed by atoms with Crippen molar-refractivity contribution in [2.24, 2.45) is 0 Å². The second-order valence-corrected chi connectivity index (χ2v) is 4.24. The summed E-state index contributed by atoms with van der Waals surface area (Å²) in [4.78, 5) is 11.0. The largest absolute Gasteiger partial charge is 0.416 e. The van der Waals surface area contributed by atoms with Crippen LogP contribution in [0.25, 0.3) is 0 Å². The number of carbonyl (C=O) groups is 1. The number of rotatable bonds is 3. The maximum atomic E-state index is 12.6. The van der Waals surface area contributed by atoms with Crippen LogP contribution in [0.15, 0.2) is 18.2 Å². The quantitative estimate of drug-likeness (QED) is 0.873. The van der Waals surface area contributed by atoms with E-state index in [4.69, 9.17) is 0 Å². The van der Waals surface area contributed by atoms with Gasteiger partial charge in [0.15, 0.2) is 0 Å². The normalized spacial score (nSPS) is 11.5. The summed E-state index contributed by atoms with van der Waals surface area (Å²) in [5.41, 5.74) is -0.195. The highest BCUT2D eigenvalue weighted by atomic mass is 19.4. The van der Waals surface area contributed by atoms with Crippen molar-refractivity contribution in [3.63, 3.8) is 0 Å². The van der Waals surface area contributed by atoms with Gasteiger partial charge in [-0.3, -0.25) is 4.79 Å². The highest BCUT2D eigenvalue weighted by Gasteiger charge is 2.31. The minimum absolute atomic E-state index is 0.0502. The first-order valence-corrected chi connectivity index (χ1v) is 5.45. The van der Waals surface area contributed by atoms with Crippen molar-refractivity contribution in [1.82, 2.24) is 0 Å². The van der Waals surface area contributed by atoms with Gasteiger partial charge in [-0.1, -0.05) is 0 Å². The van der Waals surface area contributed by atoms with Crippen molar-refractivity contribution in [2.75, 3.05) is 10.6 Å². The van der Waals surface area contributed by atoms with Gasteiger partial charge in [-0.25, -0.2) is 0 Å². The summed E-state index contributed by atoms with van der Waals surface area (Å²) in [6, 6.07) is 3.27. The van der Waals surface area contributed by atoms with E-state index in [0.717, 1.165) is 12.1 Å². The molecule has 1 aromatic rings. The molecule has 100 valence electrons. The molecule has 0 aliphatic heterocycles. The van der Waals surface area contributed by atoms with E-state index in [1.165, 1.54) is 13.0 Å². The van der Waals surface area contributed by atoms with Gasteiger partial charge in [-0.2, -0.15) is 13.2 Å². The topological polar surface area (TPSA) is 41.1 Å². The monoisotopic (exact) mass is 260 g/mol. The van der Waals surface area contributed by atoms with Gasteiger partial charge in [0.2, 0.25) is 5.91 Å². The zero-order valence-electron chi connectivity index (χ0n) is 10.4. The smallest absolute Gasteiger partial charge is 0.381 e. The summed E-state index contributed by atoms with van der Waals surface area (Å²) < 4.78 is 37.7. The maximum Gasteiger partial charge on any atom is 0.416 e. The third kappa shape index (κ3) is 3.94. The Balaban J connectivity index is 3.16. The molecule has 6 heteroatoms. The standard InChI is InChI=1S/C12H15F3N2O/c1-7(2)16-10-5-4-9(12(13,14)15)6-11(10)17-8(3)18/h4-7,16H,1-3H3,(H,17,18). The van der Waals surface area contributed by atoms with Crippen LogP contribution in [0.2, 0.25) is 0 Å². The number of hydrogen-bond acceptors (Lipinski definition) is 2. The van der Waals surface area contributed by atoms with Gasteiger partial charge in [0.05, 0.1) is 16.9 Å². The molecule has 1 rings (SSSR count). The van der Waals surface area contributed by atoms with Crippen LogP contribution in [0.3, 0.4) is 0 Å². The molecule has 3 nitrogen and oxygen atoms in total. The third-order valence-electron chi connectivity index (χ3n) is 2.10. The molecule has 0 saturated heterocycles. The first kappa shape index (κ1) is 14.3. The minimum Gasteiger partial charge on any atom is -0.381 e. The van der Waals surface area contributed by atoms with Gasteiger partial charge in [-0.15, -0.1) is 0 Å². The van der Waals surface area contributed by atoms with E-state index < -0.39 is 17.6 Å². The van der Waals surface area contributed by atoms with Crippen molar-refractivity contribution in [2.45, 2.75) is 33.0 Å². The van der Waals surface area contributed by atoms with E-state index in [-0.39, 0.29) is 11.7 Å². The van der Waals surface area contributed by atoms with Crippen LogP contribution in [0, 0.1) is 0 Å².